The van der Waals surface area contributed by atoms with Crippen LogP contribution in [0.1, 0.15) is 30.3 Å². The van der Waals surface area contributed by atoms with Crippen molar-refractivity contribution in [3.8, 4) is 0 Å². The number of benzene rings is 3. The van der Waals surface area contributed by atoms with E-state index in [1.165, 1.54) is 0 Å². The van der Waals surface area contributed by atoms with Gasteiger partial charge in [0.05, 0.1) is 0 Å². The molecule has 0 bridgehead atoms. The van der Waals surface area contributed by atoms with Crippen LogP contribution in [0.5, 0.6) is 0 Å². The molecule has 3 aromatic carbocycles. The van der Waals surface area contributed by atoms with Crippen molar-refractivity contribution in [1.82, 2.24) is 0 Å². The molecule has 3 aromatic rings. The molecule has 4 heteroatoms. The third kappa shape index (κ3) is 4.31. The molecule has 0 aliphatic heterocycles. The van der Waals surface area contributed by atoms with Gasteiger partial charge in [0, 0.05) is 27.2 Å². The first kappa shape index (κ1) is 19.8. The van der Waals surface area contributed by atoms with E-state index in [1.807, 2.05) is 91.0 Å². The lowest BCUT2D eigenvalue weighted by Gasteiger charge is -2.28. The number of hydrogen-bond acceptors (Lipinski definition) is 2. The van der Waals surface area contributed by atoms with Crippen LogP contribution in [0.15, 0.2) is 91.0 Å². The normalized spacial score (nSPS) is 13.8. The summed E-state index contributed by atoms with van der Waals surface area (Å²) in [6.07, 6.45) is 1.83. The molecule has 2 nitrogen and oxygen atoms in total. The fourth-order valence-electron chi connectivity index (χ4n) is 3.26. The van der Waals surface area contributed by atoms with Gasteiger partial charge in [-0.05, 0) is 12.0 Å². The molecule has 2 unspecified atom stereocenters. The molecule has 0 heterocycles. The van der Waals surface area contributed by atoms with Crippen LogP contribution in [-0.2, 0) is 15.4 Å². The monoisotopic (exact) mass is 396 g/mol. The highest BCUT2D eigenvalue weighted by Crippen LogP contribution is 2.58. The summed E-state index contributed by atoms with van der Waals surface area (Å²) in [4.78, 5) is -0.546. The van der Waals surface area contributed by atoms with Gasteiger partial charge in [0.15, 0.2) is 7.14 Å². The average Bonchev–Trinajstić information content (AvgIpc) is 2.74. The van der Waals surface area contributed by atoms with Crippen molar-refractivity contribution in [1.29, 1.82) is 0 Å². The van der Waals surface area contributed by atoms with E-state index < -0.39 is 22.9 Å². The van der Waals surface area contributed by atoms with E-state index in [-0.39, 0.29) is 0 Å². The maximum absolute atomic E-state index is 14.7. The highest BCUT2D eigenvalue weighted by Gasteiger charge is 2.41. The van der Waals surface area contributed by atoms with Crippen LogP contribution in [-0.4, -0.2) is 9.96 Å². The summed E-state index contributed by atoms with van der Waals surface area (Å²) in [6, 6.07) is 28.8. The highest BCUT2D eigenvalue weighted by atomic mass is 32.2. The van der Waals surface area contributed by atoms with E-state index in [2.05, 4.69) is 6.92 Å². The number of rotatable bonds is 8. The molecule has 0 amide bonds. The van der Waals surface area contributed by atoms with Crippen molar-refractivity contribution in [2.75, 3.05) is 5.75 Å². The van der Waals surface area contributed by atoms with Crippen LogP contribution in [0.25, 0.3) is 0 Å². The summed E-state index contributed by atoms with van der Waals surface area (Å²) in [5.41, 5.74) is 0.878. The summed E-state index contributed by atoms with van der Waals surface area (Å²) in [7, 11) is -4.39. The molecule has 0 aliphatic rings. The van der Waals surface area contributed by atoms with Crippen molar-refractivity contribution in [2.45, 2.75) is 24.8 Å². The van der Waals surface area contributed by atoms with E-state index in [9.17, 15) is 8.77 Å². The van der Waals surface area contributed by atoms with Gasteiger partial charge in [0.25, 0.3) is 0 Å². The fourth-order valence-corrected chi connectivity index (χ4v) is 9.55. The van der Waals surface area contributed by atoms with Gasteiger partial charge in [0.1, 0.15) is 4.99 Å². The quantitative estimate of drug-likeness (QED) is 0.488. The molecule has 0 aliphatic carbocycles. The number of hydrogen-bond donors (Lipinski definition) is 0. The highest BCUT2D eigenvalue weighted by molar-refractivity contribution is 7.98. The zero-order chi connectivity index (χ0) is 19.1. The molecule has 140 valence electrons. The van der Waals surface area contributed by atoms with Crippen LogP contribution >= 0.6 is 7.14 Å². The van der Waals surface area contributed by atoms with Crippen molar-refractivity contribution >= 4 is 28.6 Å². The Morgan fingerprint density at radius 2 is 1.22 bits per heavy atom. The van der Waals surface area contributed by atoms with E-state index in [1.54, 1.807) is 0 Å². The lowest BCUT2D eigenvalue weighted by atomic mass is 10.2. The van der Waals surface area contributed by atoms with Gasteiger partial charge >= 0.3 is 0 Å². The molecule has 2 atom stereocenters. The Balaban J connectivity index is 2.23. The third-order valence-corrected chi connectivity index (χ3v) is 10.8. The molecular formula is C23H25O2PS. The molecule has 0 spiro atoms. The molecule has 0 saturated carbocycles. The largest absolute Gasteiger partial charge is 0.312 e. The van der Waals surface area contributed by atoms with E-state index in [4.69, 9.17) is 0 Å². The maximum atomic E-state index is 14.7. The Hall–Kier alpha value is -1.96. The molecule has 0 aromatic heterocycles. The minimum absolute atomic E-state index is 0.546. The Morgan fingerprint density at radius 1 is 0.778 bits per heavy atom. The third-order valence-electron chi connectivity index (χ3n) is 4.64. The molecule has 0 N–H and O–H groups in total. The van der Waals surface area contributed by atoms with Crippen molar-refractivity contribution in [3.05, 3.63) is 96.6 Å². The van der Waals surface area contributed by atoms with Gasteiger partial charge < -0.3 is 4.57 Å². The minimum atomic E-state index is -3.15. The molecule has 0 radical (unpaired) electrons. The Bertz CT molecular complexity index is 867. The van der Waals surface area contributed by atoms with E-state index >= 15 is 0 Å². The Labute approximate surface area is 164 Å². The van der Waals surface area contributed by atoms with Gasteiger partial charge in [-0.1, -0.05) is 104 Å². The van der Waals surface area contributed by atoms with Gasteiger partial charge in [-0.3, -0.25) is 4.21 Å². The summed E-state index contributed by atoms with van der Waals surface area (Å²) >= 11 is 0. The van der Waals surface area contributed by atoms with Gasteiger partial charge in [-0.2, -0.15) is 0 Å². The fraction of sp³-hybridized carbons (Fsp3) is 0.217. The van der Waals surface area contributed by atoms with Crippen molar-refractivity contribution in [3.63, 3.8) is 0 Å². The minimum Gasteiger partial charge on any atom is -0.312 e. The van der Waals surface area contributed by atoms with Crippen LogP contribution in [0.4, 0.5) is 0 Å². The molecule has 3 rings (SSSR count). The van der Waals surface area contributed by atoms with Crippen LogP contribution < -0.4 is 10.6 Å². The zero-order valence-electron chi connectivity index (χ0n) is 15.5. The summed E-state index contributed by atoms with van der Waals surface area (Å²) in [5.74, 6) is 0.555. The average molecular weight is 396 g/mol. The molecule has 0 fully saturated rings. The predicted octanol–water partition coefficient (Wildman–Crippen LogP) is 5.25. The summed E-state index contributed by atoms with van der Waals surface area (Å²) < 4.78 is 28.2. The first-order valence-electron chi connectivity index (χ1n) is 9.31. The Kier molecular flexibility index (Phi) is 6.82. The second-order valence-electron chi connectivity index (χ2n) is 6.53. The van der Waals surface area contributed by atoms with Crippen LogP contribution in [0.2, 0.25) is 0 Å². The molecule has 0 saturated heterocycles. The summed E-state index contributed by atoms with van der Waals surface area (Å²) in [6.45, 7) is 2.09. The van der Waals surface area contributed by atoms with Crippen LogP contribution in [0, 0.1) is 0 Å². The smallest absolute Gasteiger partial charge is 0.162 e. The Morgan fingerprint density at radius 3 is 1.67 bits per heavy atom. The van der Waals surface area contributed by atoms with Crippen molar-refractivity contribution < 1.29 is 8.77 Å². The van der Waals surface area contributed by atoms with Crippen molar-refractivity contribution in [2.24, 2.45) is 0 Å². The first-order valence-corrected chi connectivity index (χ1v) is 12.5. The maximum Gasteiger partial charge on any atom is 0.162 e. The SMILES string of the molecule is CCCCS(=O)C(c1ccccc1)P(=O)(c1ccccc1)c1ccccc1. The second-order valence-corrected chi connectivity index (χ2v) is 11.4. The standard InChI is InChI=1S/C23H25O2PS/c1-2-3-19-27(25)23(20-13-7-4-8-14-20)26(24,21-15-9-5-10-16-21)22-17-11-6-12-18-22/h4-18,23H,2-3,19H2,1H3. The zero-order valence-corrected chi connectivity index (χ0v) is 17.2. The molecular weight excluding hydrogens is 371 g/mol. The van der Waals surface area contributed by atoms with Gasteiger partial charge in [-0.25, -0.2) is 0 Å². The van der Waals surface area contributed by atoms with Gasteiger partial charge in [-0.15, -0.1) is 0 Å². The van der Waals surface area contributed by atoms with E-state index in [0.29, 0.717) is 5.75 Å². The van der Waals surface area contributed by atoms with Gasteiger partial charge in [0.2, 0.25) is 0 Å². The summed E-state index contributed by atoms with van der Waals surface area (Å²) in [5, 5.41) is 1.52. The predicted molar refractivity (Wildman–Crippen MR) is 117 cm³/mol. The molecule has 27 heavy (non-hydrogen) atoms. The second kappa shape index (κ2) is 9.30. The van der Waals surface area contributed by atoms with E-state index in [0.717, 1.165) is 29.0 Å². The number of unbranched alkanes of at least 4 members (excludes halogenated alkanes) is 1. The topological polar surface area (TPSA) is 34.1 Å². The first-order chi connectivity index (χ1) is 13.2. The lowest BCUT2D eigenvalue weighted by molar-refractivity contribution is 0.584. The lowest BCUT2D eigenvalue weighted by Crippen LogP contribution is -2.25. The van der Waals surface area contributed by atoms with Crippen LogP contribution in [0.3, 0.4) is 0 Å².